The van der Waals surface area contributed by atoms with Gasteiger partial charge in [0, 0.05) is 18.3 Å². The first-order valence-electron chi connectivity index (χ1n) is 7.16. The molecule has 0 radical (unpaired) electrons. The minimum atomic E-state index is -0.316. The molecule has 1 unspecified atom stereocenters. The second-order valence-electron chi connectivity index (χ2n) is 5.58. The summed E-state index contributed by atoms with van der Waals surface area (Å²) in [5.74, 6) is -0.605. The lowest BCUT2D eigenvalue weighted by molar-refractivity contribution is -0.149. The zero-order valence-corrected chi connectivity index (χ0v) is 13.1. The van der Waals surface area contributed by atoms with E-state index in [1.54, 1.807) is 12.1 Å². The average Bonchev–Trinajstić information content (AvgIpc) is 3.11. The van der Waals surface area contributed by atoms with E-state index in [4.69, 9.17) is 20.8 Å². The van der Waals surface area contributed by atoms with Gasteiger partial charge in [0.25, 0.3) is 0 Å². The quantitative estimate of drug-likeness (QED) is 0.639. The van der Waals surface area contributed by atoms with Crippen LogP contribution < -0.4 is 0 Å². The maximum atomic E-state index is 12.4. The maximum absolute atomic E-state index is 12.4. The highest BCUT2D eigenvalue weighted by Gasteiger charge is 2.33. The number of hydrogen-bond acceptors (Lipinski definition) is 4. The van der Waals surface area contributed by atoms with Gasteiger partial charge < -0.3 is 13.7 Å². The van der Waals surface area contributed by atoms with Crippen molar-refractivity contribution in [2.45, 2.75) is 38.8 Å². The van der Waals surface area contributed by atoms with Crippen LogP contribution in [0.1, 0.15) is 48.1 Å². The Morgan fingerprint density at radius 1 is 1.41 bits per heavy atom. The molecular weight excluding hydrogens is 306 g/mol. The number of halogens is 1. The van der Waals surface area contributed by atoms with Crippen molar-refractivity contribution in [1.82, 2.24) is 4.57 Å². The normalized spacial score (nSPS) is 16.8. The predicted molar refractivity (Wildman–Crippen MR) is 80.2 cm³/mol. The summed E-state index contributed by atoms with van der Waals surface area (Å²) >= 11 is 5.78. The van der Waals surface area contributed by atoms with E-state index in [2.05, 4.69) is 0 Å². The van der Waals surface area contributed by atoms with Crippen molar-refractivity contribution in [3.05, 3.63) is 46.6 Å². The molecule has 0 saturated carbocycles. The molecule has 5 nitrogen and oxygen atoms in total. The Balaban J connectivity index is 1.87. The van der Waals surface area contributed by atoms with Gasteiger partial charge in [-0.15, -0.1) is 0 Å². The third-order valence-corrected chi connectivity index (χ3v) is 3.87. The predicted octanol–water partition coefficient (Wildman–Crippen LogP) is 3.40. The topological polar surface area (TPSA) is 61.4 Å². The summed E-state index contributed by atoms with van der Waals surface area (Å²) in [6, 6.07) is 5.00. The number of nitrogens with zero attached hydrogens (tertiary/aromatic N) is 1. The Bertz CT molecular complexity index is 728. The lowest BCUT2D eigenvalue weighted by Crippen LogP contribution is -2.18. The Morgan fingerprint density at radius 3 is 2.82 bits per heavy atom. The first-order chi connectivity index (χ1) is 10.5. The average molecular weight is 322 g/mol. The van der Waals surface area contributed by atoms with E-state index >= 15 is 0 Å². The molecule has 116 valence electrons. The Morgan fingerprint density at radius 2 is 2.18 bits per heavy atom. The Kier molecular flexibility index (Phi) is 3.83. The van der Waals surface area contributed by atoms with Gasteiger partial charge in [0.05, 0.1) is 22.7 Å². The number of rotatable bonds is 4. The molecule has 0 spiro atoms. The van der Waals surface area contributed by atoms with Crippen molar-refractivity contribution in [3.63, 3.8) is 0 Å². The van der Waals surface area contributed by atoms with Gasteiger partial charge in [-0.1, -0.05) is 11.6 Å². The molecule has 0 amide bonds. The van der Waals surface area contributed by atoms with E-state index in [0.29, 0.717) is 23.7 Å². The molecule has 3 rings (SSSR count). The van der Waals surface area contributed by atoms with Crippen LogP contribution in [0, 0.1) is 0 Å². The molecule has 6 heteroatoms. The number of hydrogen-bond donors (Lipinski definition) is 0. The SMILES string of the molecule is CC(C)OC(=O)C1CCn2c(C(=O)c3cc(Cl)co3)ccc21. The molecule has 1 atom stereocenters. The minimum absolute atomic E-state index is 0.150. The van der Waals surface area contributed by atoms with E-state index in [1.165, 1.54) is 12.3 Å². The van der Waals surface area contributed by atoms with Crippen molar-refractivity contribution in [1.29, 1.82) is 0 Å². The number of carbonyl (C=O) groups is 2. The van der Waals surface area contributed by atoms with Crippen LogP contribution >= 0.6 is 11.6 Å². The largest absolute Gasteiger partial charge is 0.462 e. The summed E-state index contributed by atoms with van der Waals surface area (Å²) in [7, 11) is 0. The Hall–Kier alpha value is -2.01. The van der Waals surface area contributed by atoms with Gasteiger partial charge in [0.15, 0.2) is 5.76 Å². The van der Waals surface area contributed by atoms with Gasteiger partial charge >= 0.3 is 5.97 Å². The number of fused-ring (bicyclic) bond motifs is 1. The number of furan rings is 1. The van der Waals surface area contributed by atoms with Crippen LogP contribution in [0.5, 0.6) is 0 Å². The number of ketones is 1. The van der Waals surface area contributed by atoms with Crippen LogP contribution in [0.25, 0.3) is 0 Å². The fourth-order valence-corrected chi connectivity index (χ4v) is 2.90. The van der Waals surface area contributed by atoms with Crippen LogP contribution in [0.3, 0.4) is 0 Å². The molecule has 0 aliphatic carbocycles. The van der Waals surface area contributed by atoms with Crippen LogP contribution in [-0.2, 0) is 16.1 Å². The highest BCUT2D eigenvalue weighted by atomic mass is 35.5. The fraction of sp³-hybridized carbons (Fsp3) is 0.375. The van der Waals surface area contributed by atoms with Crippen molar-refractivity contribution < 1.29 is 18.7 Å². The summed E-state index contributed by atoms with van der Waals surface area (Å²) < 4.78 is 12.3. The van der Waals surface area contributed by atoms with Gasteiger partial charge in [0.1, 0.15) is 6.26 Å². The minimum Gasteiger partial charge on any atom is -0.462 e. The van der Waals surface area contributed by atoms with Crippen molar-refractivity contribution in [2.24, 2.45) is 0 Å². The second-order valence-corrected chi connectivity index (χ2v) is 6.02. The van der Waals surface area contributed by atoms with Crippen molar-refractivity contribution in [2.75, 3.05) is 0 Å². The zero-order chi connectivity index (χ0) is 15.9. The van der Waals surface area contributed by atoms with E-state index in [0.717, 1.165) is 5.69 Å². The first kappa shape index (κ1) is 14.9. The molecule has 0 saturated heterocycles. The fourth-order valence-electron chi connectivity index (χ4n) is 2.75. The number of aromatic nitrogens is 1. The summed E-state index contributed by atoms with van der Waals surface area (Å²) in [5.41, 5.74) is 1.31. The third-order valence-electron chi connectivity index (χ3n) is 3.67. The molecule has 0 N–H and O–H groups in total. The van der Waals surface area contributed by atoms with Crippen LogP contribution in [0.2, 0.25) is 5.02 Å². The summed E-state index contributed by atoms with van der Waals surface area (Å²) in [6.45, 7) is 4.25. The number of carbonyl (C=O) groups excluding carboxylic acids is 2. The lowest BCUT2D eigenvalue weighted by Gasteiger charge is -2.12. The summed E-state index contributed by atoms with van der Waals surface area (Å²) in [4.78, 5) is 24.6. The van der Waals surface area contributed by atoms with Crippen LogP contribution in [0.4, 0.5) is 0 Å². The lowest BCUT2D eigenvalue weighted by atomic mass is 10.1. The molecule has 22 heavy (non-hydrogen) atoms. The molecule has 3 heterocycles. The van der Waals surface area contributed by atoms with E-state index in [1.807, 2.05) is 18.4 Å². The van der Waals surface area contributed by atoms with Crippen LogP contribution in [-0.4, -0.2) is 22.4 Å². The standard InChI is InChI=1S/C16H16ClNO4/c1-9(2)22-16(20)11-5-6-18-12(11)3-4-13(18)15(19)14-7-10(17)8-21-14/h3-4,7-9,11H,5-6H2,1-2H3. The zero-order valence-electron chi connectivity index (χ0n) is 12.3. The van der Waals surface area contributed by atoms with E-state index < -0.39 is 0 Å². The number of ether oxygens (including phenoxy) is 1. The highest BCUT2D eigenvalue weighted by Crippen LogP contribution is 2.32. The molecule has 2 aromatic rings. The molecule has 0 fully saturated rings. The molecule has 2 aromatic heterocycles. The molecule has 1 aliphatic rings. The monoisotopic (exact) mass is 321 g/mol. The van der Waals surface area contributed by atoms with Gasteiger partial charge in [-0.2, -0.15) is 0 Å². The van der Waals surface area contributed by atoms with Crippen molar-refractivity contribution >= 4 is 23.4 Å². The summed E-state index contributed by atoms with van der Waals surface area (Å²) in [6.07, 6.45) is 1.81. The highest BCUT2D eigenvalue weighted by molar-refractivity contribution is 6.31. The van der Waals surface area contributed by atoms with Gasteiger partial charge in [-0.25, -0.2) is 0 Å². The first-order valence-corrected chi connectivity index (χ1v) is 7.54. The molecule has 1 aliphatic heterocycles. The smallest absolute Gasteiger partial charge is 0.315 e. The van der Waals surface area contributed by atoms with Gasteiger partial charge in [-0.3, -0.25) is 9.59 Å². The number of esters is 1. The van der Waals surface area contributed by atoms with E-state index in [9.17, 15) is 9.59 Å². The van der Waals surface area contributed by atoms with Crippen molar-refractivity contribution in [3.8, 4) is 0 Å². The third kappa shape index (κ3) is 2.57. The molecular formula is C16H16ClNO4. The molecule has 0 aromatic carbocycles. The van der Waals surface area contributed by atoms with Gasteiger partial charge in [0.2, 0.25) is 5.78 Å². The van der Waals surface area contributed by atoms with Crippen LogP contribution in [0.15, 0.2) is 28.9 Å². The second kappa shape index (κ2) is 5.65. The molecule has 0 bridgehead atoms. The maximum Gasteiger partial charge on any atom is 0.315 e. The Labute approximate surface area is 132 Å². The van der Waals surface area contributed by atoms with Gasteiger partial charge in [-0.05, 0) is 32.4 Å². The summed E-state index contributed by atoms with van der Waals surface area (Å²) in [5, 5.41) is 0.384. The van der Waals surface area contributed by atoms with E-state index in [-0.39, 0.29) is 29.5 Å².